The summed E-state index contributed by atoms with van der Waals surface area (Å²) in [5, 5.41) is 0. The van der Waals surface area contributed by atoms with Gasteiger partial charge in [0.1, 0.15) is 5.75 Å². The highest BCUT2D eigenvalue weighted by Gasteiger charge is 2.51. The summed E-state index contributed by atoms with van der Waals surface area (Å²) in [7, 11) is 3.38. The van der Waals surface area contributed by atoms with Gasteiger partial charge in [-0.2, -0.15) is 0 Å². The van der Waals surface area contributed by atoms with Crippen LogP contribution in [0.3, 0.4) is 0 Å². The lowest BCUT2D eigenvalue weighted by Gasteiger charge is -2.18. The van der Waals surface area contributed by atoms with Crippen LogP contribution >= 0.6 is 0 Å². The smallest absolute Gasteiger partial charge is 0.244 e. The zero-order valence-electron chi connectivity index (χ0n) is 11.4. The van der Waals surface area contributed by atoms with Gasteiger partial charge in [0.05, 0.1) is 12.5 Å². The molecule has 1 amide bonds. The van der Waals surface area contributed by atoms with Crippen LogP contribution in [0, 0.1) is 13.8 Å². The number of nitrogens with one attached hydrogen (secondary N) is 2. The summed E-state index contributed by atoms with van der Waals surface area (Å²) in [6, 6.07) is 4.13. The molecule has 0 spiro atoms. The minimum Gasteiger partial charge on any atom is -0.496 e. The highest BCUT2D eigenvalue weighted by molar-refractivity contribution is 5.91. The second-order valence-electron chi connectivity index (χ2n) is 4.93. The molecule has 0 atom stereocenters. The van der Waals surface area contributed by atoms with Crippen LogP contribution in [-0.4, -0.2) is 20.1 Å². The van der Waals surface area contributed by atoms with Crippen molar-refractivity contribution >= 4 is 5.91 Å². The van der Waals surface area contributed by atoms with E-state index < -0.39 is 0 Å². The lowest BCUT2D eigenvalue weighted by molar-refractivity contribution is -0.124. The number of amides is 1. The molecule has 1 aliphatic rings. The summed E-state index contributed by atoms with van der Waals surface area (Å²) in [5.74, 6) is 0.956. The predicted octanol–water partition coefficient (Wildman–Crippen LogP) is 1.59. The SMILES string of the molecule is CNNC(=O)C1(c2cc(C)c(OC)c(C)c2)CC1. The second kappa shape index (κ2) is 4.61. The maximum atomic E-state index is 12.1. The fraction of sp³-hybridized carbons (Fsp3) is 0.500. The molecule has 2 rings (SSSR count). The van der Waals surface area contributed by atoms with Crippen molar-refractivity contribution in [3.05, 3.63) is 28.8 Å². The molecule has 1 aromatic carbocycles. The molecule has 1 aromatic rings. The van der Waals surface area contributed by atoms with Crippen LogP contribution < -0.4 is 15.6 Å². The predicted molar refractivity (Wildman–Crippen MR) is 70.6 cm³/mol. The van der Waals surface area contributed by atoms with Crippen molar-refractivity contribution in [2.45, 2.75) is 32.1 Å². The van der Waals surface area contributed by atoms with E-state index in [0.717, 1.165) is 35.3 Å². The zero-order valence-corrected chi connectivity index (χ0v) is 11.4. The fourth-order valence-corrected chi connectivity index (χ4v) is 2.55. The van der Waals surface area contributed by atoms with E-state index in [1.165, 1.54) is 0 Å². The quantitative estimate of drug-likeness (QED) is 0.796. The molecule has 1 fully saturated rings. The Bertz CT molecular complexity index is 456. The van der Waals surface area contributed by atoms with Crippen LogP contribution in [0.5, 0.6) is 5.75 Å². The van der Waals surface area contributed by atoms with Gasteiger partial charge in [0, 0.05) is 7.05 Å². The van der Waals surface area contributed by atoms with Gasteiger partial charge in [-0.1, -0.05) is 12.1 Å². The van der Waals surface area contributed by atoms with Crippen LogP contribution in [-0.2, 0) is 10.2 Å². The van der Waals surface area contributed by atoms with E-state index in [2.05, 4.69) is 23.0 Å². The third-order valence-corrected chi connectivity index (χ3v) is 3.64. The molecule has 4 nitrogen and oxygen atoms in total. The number of hydrogen-bond acceptors (Lipinski definition) is 3. The molecule has 0 bridgehead atoms. The Hall–Kier alpha value is -1.55. The van der Waals surface area contributed by atoms with Gasteiger partial charge in [0.15, 0.2) is 0 Å². The number of hydrazine groups is 1. The first-order valence-electron chi connectivity index (χ1n) is 6.18. The molecule has 1 aliphatic carbocycles. The first-order chi connectivity index (χ1) is 8.55. The number of aryl methyl sites for hydroxylation is 2. The van der Waals surface area contributed by atoms with Crippen molar-refractivity contribution in [1.82, 2.24) is 10.9 Å². The standard InChI is InChI=1S/C14H20N2O2/c1-9-7-11(8-10(2)12(9)18-4)14(5-6-14)13(17)16-15-3/h7-8,15H,5-6H2,1-4H3,(H,16,17). The Balaban J connectivity index is 2.38. The first kappa shape index (κ1) is 12.9. The Morgan fingerprint density at radius 3 is 2.22 bits per heavy atom. The molecule has 98 valence electrons. The topological polar surface area (TPSA) is 50.4 Å². The number of carbonyl (C=O) groups excluding carboxylic acids is 1. The molecule has 18 heavy (non-hydrogen) atoms. The molecule has 0 unspecified atom stereocenters. The lowest BCUT2D eigenvalue weighted by Crippen LogP contribution is -2.41. The Morgan fingerprint density at radius 1 is 1.28 bits per heavy atom. The van der Waals surface area contributed by atoms with Crippen LogP contribution in [0.4, 0.5) is 0 Å². The Morgan fingerprint density at radius 2 is 1.83 bits per heavy atom. The third-order valence-electron chi connectivity index (χ3n) is 3.64. The van der Waals surface area contributed by atoms with Crippen LogP contribution in [0.25, 0.3) is 0 Å². The number of ether oxygens (including phenoxy) is 1. The average Bonchev–Trinajstić information content (AvgIpc) is 3.10. The number of rotatable bonds is 4. The number of methoxy groups -OCH3 is 1. The van der Waals surface area contributed by atoms with Crippen LogP contribution in [0.2, 0.25) is 0 Å². The fourth-order valence-electron chi connectivity index (χ4n) is 2.55. The van der Waals surface area contributed by atoms with E-state index in [1.54, 1.807) is 14.2 Å². The van der Waals surface area contributed by atoms with Crippen molar-refractivity contribution in [3.8, 4) is 5.75 Å². The van der Waals surface area contributed by atoms with Crippen molar-refractivity contribution in [3.63, 3.8) is 0 Å². The van der Waals surface area contributed by atoms with Crippen molar-refractivity contribution in [2.24, 2.45) is 0 Å². The van der Waals surface area contributed by atoms with E-state index in [4.69, 9.17) is 4.74 Å². The lowest BCUT2D eigenvalue weighted by atomic mass is 9.91. The summed E-state index contributed by atoms with van der Waals surface area (Å²) in [5.41, 5.74) is 8.31. The van der Waals surface area contributed by atoms with Crippen LogP contribution in [0.15, 0.2) is 12.1 Å². The van der Waals surface area contributed by atoms with E-state index in [0.29, 0.717) is 0 Å². The van der Waals surface area contributed by atoms with Crippen molar-refractivity contribution in [1.29, 1.82) is 0 Å². The molecule has 4 heteroatoms. The minimum absolute atomic E-state index is 0.0500. The minimum atomic E-state index is -0.342. The van der Waals surface area contributed by atoms with Crippen molar-refractivity contribution < 1.29 is 9.53 Å². The number of carbonyl (C=O) groups is 1. The molecule has 0 radical (unpaired) electrons. The average molecular weight is 248 g/mol. The molecule has 0 aromatic heterocycles. The normalized spacial score (nSPS) is 16.2. The van der Waals surface area contributed by atoms with Gasteiger partial charge in [-0.3, -0.25) is 10.2 Å². The number of hydrogen-bond donors (Lipinski definition) is 2. The largest absolute Gasteiger partial charge is 0.496 e. The van der Waals surface area contributed by atoms with Gasteiger partial charge < -0.3 is 4.74 Å². The Labute approximate surface area is 108 Å². The van der Waals surface area contributed by atoms with E-state index in [-0.39, 0.29) is 11.3 Å². The molecule has 1 saturated carbocycles. The van der Waals surface area contributed by atoms with E-state index in [9.17, 15) is 4.79 Å². The highest BCUT2D eigenvalue weighted by Crippen LogP contribution is 2.49. The van der Waals surface area contributed by atoms with Gasteiger partial charge in [-0.05, 0) is 43.4 Å². The molecule has 0 aliphatic heterocycles. The van der Waals surface area contributed by atoms with Crippen molar-refractivity contribution in [2.75, 3.05) is 14.2 Å². The van der Waals surface area contributed by atoms with Gasteiger partial charge >= 0.3 is 0 Å². The Kier molecular flexibility index (Phi) is 3.30. The summed E-state index contributed by atoms with van der Waals surface area (Å²) in [6.45, 7) is 4.03. The second-order valence-corrected chi connectivity index (χ2v) is 4.93. The molecule has 0 heterocycles. The summed E-state index contributed by atoms with van der Waals surface area (Å²) in [6.07, 6.45) is 1.82. The monoisotopic (exact) mass is 248 g/mol. The zero-order chi connectivity index (χ0) is 13.3. The van der Waals surface area contributed by atoms with E-state index >= 15 is 0 Å². The summed E-state index contributed by atoms with van der Waals surface area (Å²) in [4.78, 5) is 12.1. The maximum Gasteiger partial charge on any atom is 0.244 e. The van der Waals surface area contributed by atoms with Crippen LogP contribution in [0.1, 0.15) is 29.5 Å². The summed E-state index contributed by atoms with van der Waals surface area (Å²) >= 11 is 0. The highest BCUT2D eigenvalue weighted by atomic mass is 16.5. The maximum absolute atomic E-state index is 12.1. The molecular weight excluding hydrogens is 228 g/mol. The number of benzene rings is 1. The van der Waals surface area contributed by atoms with Gasteiger partial charge in [0.25, 0.3) is 0 Å². The first-order valence-corrected chi connectivity index (χ1v) is 6.18. The van der Waals surface area contributed by atoms with Gasteiger partial charge in [-0.15, -0.1) is 0 Å². The van der Waals surface area contributed by atoms with Gasteiger partial charge in [0.2, 0.25) is 5.91 Å². The van der Waals surface area contributed by atoms with E-state index in [1.807, 2.05) is 13.8 Å². The van der Waals surface area contributed by atoms with Gasteiger partial charge in [-0.25, -0.2) is 5.43 Å². The molecular formula is C14H20N2O2. The third kappa shape index (κ3) is 1.97. The molecule has 2 N–H and O–H groups in total. The molecule has 0 saturated heterocycles. The summed E-state index contributed by atoms with van der Waals surface area (Å²) < 4.78 is 5.36.